The van der Waals surface area contributed by atoms with Crippen LogP contribution < -0.4 is 5.32 Å². The van der Waals surface area contributed by atoms with Crippen molar-refractivity contribution < 1.29 is 4.79 Å². The van der Waals surface area contributed by atoms with Gasteiger partial charge in [-0.1, -0.05) is 13.3 Å². The van der Waals surface area contributed by atoms with E-state index >= 15 is 0 Å². The molecule has 0 amide bonds. The molecule has 2 heteroatoms. The van der Waals surface area contributed by atoms with Gasteiger partial charge in [0.25, 0.3) is 0 Å². The Bertz CT molecular complexity index is 83.3. The Morgan fingerprint density at radius 1 is 1.60 bits per heavy atom. The molecule has 10 heavy (non-hydrogen) atoms. The third-order valence-corrected chi connectivity index (χ3v) is 1.47. The number of carbonyl (C=O) groups is 1. The second-order valence-electron chi connectivity index (χ2n) is 2.61. The Morgan fingerprint density at radius 2 is 2.30 bits per heavy atom. The molecule has 1 N–H and O–H groups in total. The van der Waals surface area contributed by atoms with E-state index in [1.54, 1.807) is 0 Å². The molecule has 0 aromatic heterocycles. The zero-order valence-electron chi connectivity index (χ0n) is 6.89. The quantitative estimate of drug-likeness (QED) is 0.449. The van der Waals surface area contributed by atoms with Crippen LogP contribution in [0, 0.1) is 0 Å². The first kappa shape index (κ1) is 9.63. The molecule has 1 unspecified atom stereocenters. The summed E-state index contributed by atoms with van der Waals surface area (Å²) >= 11 is 0. The Balaban J connectivity index is 3.04. The van der Waals surface area contributed by atoms with Crippen molar-refractivity contribution in [2.45, 2.75) is 39.2 Å². The minimum Gasteiger partial charge on any atom is -0.314 e. The molecule has 0 aliphatic heterocycles. The Kier molecular flexibility index (Phi) is 6.50. The highest BCUT2D eigenvalue weighted by molar-refractivity contribution is 5.50. The predicted octanol–water partition coefficient (Wildman–Crippen LogP) is 1.35. The number of hydrogen-bond acceptors (Lipinski definition) is 2. The van der Waals surface area contributed by atoms with Crippen molar-refractivity contribution in [1.29, 1.82) is 0 Å². The monoisotopic (exact) mass is 143 g/mol. The lowest BCUT2D eigenvalue weighted by Gasteiger charge is -2.08. The summed E-state index contributed by atoms with van der Waals surface area (Å²) < 4.78 is 0. The minimum absolute atomic E-state index is 0.351. The number of unbranched alkanes of at least 4 members (excludes halogenated alkanes) is 1. The number of hydrogen-bond donors (Lipinski definition) is 1. The van der Waals surface area contributed by atoms with Crippen molar-refractivity contribution >= 4 is 6.29 Å². The number of aldehydes is 1. The van der Waals surface area contributed by atoms with Crippen LogP contribution in [0.1, 0.15) is 33.1 Å². The largest absolute Gasteiger partial charge is 0.314 e. The van der Waals surface area contributed by atoms with Gasteiger partial charge < -0.3 is 10.1 Å². The molecule has 0 saturated heterocycles. The van der Waals surface area contributed by atoms with Crippen LogP contribution in [-0.4, -0.2) is 18.9 Å². The van der Waals surface area contributed by atoms with Gasteiger partial charge in [-0.25, -0.2) is 0 Å². The summed E-state index contributed by atoms with van der Waals surface area (Å²) in [6.07, 6.45) is 4.00. The first-order valence-electron chi connectivity index (χ1n) is 3.98. The normalized spacial score (nSPS) is 13.0. The molecule has 0 saturated carbocycles. The first-order valence-corrected chi connectivity index (χ1v) is 3.98. The van der Waals surface area contributed by atoms with E-state index in [-0.39, 0.29) is 0 Å². The average molecular weight is 143 g/mol. The van der Waals surface area contributed by atoms with Crippen LogP contribution in [0.5, 0.6) is 0 Å². The van der Waals surface area contributed by atoms with E-state index < -0.39 is 0 Å². The van der Waals surface area contributed by atoms with Crippen LogP contribution in [0.15, 0.2) is 0 Å². The topological polar surface area (TPSA) is 29.1 Å². The maximum Gasteiger partial charge on any atom is 0.121 e. The lowest BCUT2D eigenvalue weighted by Crippen LogP contribution is -2.27. The summed E-state index contributed by atoms with van der Waals surface area (Å²) in [5.74, 6) is 0. The van der Waals surface area contributed by atoms with Gasteiger partial charge in [0.15, 0.2) is 0 Å². The third kappa shape index (κ3) is 5.76. The van der Waals surface area contributed by atoms with Gasteiger partial charge in [0.2, 0.25) is 0 Å². The number of nitrogens with one attached hydrogen (secondary N) is 1. The smallest absolute Gasteiger partial charge is 0.121 e. The maximum atomic E-state index is 10.0. The molecular formula is C8H17NO. The molecule has 0 spiro atoms. The van der Waals surface area contributed by atoms with Crippen LogP contribution in [-0.2, 0) is 4.79 Å². The highest BCUT2D eigenvalue weighted by Gasteiger charge is 1.96. The van der Waals surface area contributed by atoms with E-state index in [1.165, 1.54) is 12.8 Å². The van der Waals surface area contributed by atoms with E-state index in [0.29, 0.717) is 12.5 Å². The lowest BCUT2D eigenvalue weighted by atomic mass is 10.2. The number of rotatable bonds is 6. The summed E-state index contributed by atoms with van der Waals surface area (Å²) in [5, 5.41) is 3.25. The summed E-state index contributed by atoms with van der Waals surface area (Å²) in [4.78, 5) is 10.0. The predicted molar refractivity (Wildman–Crippen MR) is 43.1 cm³/mol. The lowest BCUT2D eigenvalue weighted by molar-refractivity contribution is -0.108. The van der Waals surface area contributed by atoms with Gasteiger partial charge in [-0.3, -0.25) is 0 Å². The van der Waals surface area contributed by atoms with E-state index in [4.69, 9.17) is 0 Å². The van der Waals surface area contributed by atoms with Crippen molar-refractivity contribution in [3.05, 3.63) is 0 Å². The Labute approximate surface area is 63.0 Å². The summed E-state index contributed by atoms with van der Waals surface area (Å²) in [7, 11) is 0. The second-order valence-corrected chi connectivity index (χ2v) is 2.61. The molecule has 0 heterocycles. The molecule has 0 aliphatic carbocycles. The standard InChI is InChI=1S/C8H17NO/c1-3-4-6-9-8(2)5-7-10/h7-9H,3-6H2,1-2H3. The van der Waals surface area contributed by atoms with Crippen molar-refractivity contribution in [2.24, 2.45) is 0 Å². The van der Waals surface area contributed by atoms with Crippen LogP contribution in [0.3, 0.4) is 0 Å². The molecule has 0 bridgehead atoms. The van der Waals surface area contributed by atoms with Crippen molar-refractivity contribution in [3.8, 4) is 0 Å². The molecule has 0 rings (SSSR count). The van der Waals surface area contributed by atoms with E-state index in [0.717, 1.165) is 12.8 Å². The second kappa shape index (κ2) is 6.75. The van der Waals surface area contributed by atoms with Gasteiger partial charge >= 0.3 is 0 Å². The fourth-order valence-corrected chi connectivity index (χ4v) is 0.753. The molecule has 2 nitrogen and oxygen atoms in total. The van der Waals surface area contributed by atoms with Crippen LogP contribution in [0.25, 0.3) is 0 Å². The van der Waals surface area contributed by atoms with Crippen LogP contribution in [0.4, 0.5) is 0 Å². The van der Waals surface area contributed by atoms with Crippen LogP contribution >= 0.6 is 0 Å². The molecule has 0 aromatic rings. The molecule has 0 aliphatic rings. The molecule has 1 atom stereocenters. The van der Waals surface area contributed by atoms with Gasteiger partial charge in [-0.2, -0.15) is 0 Å². The van der Waals surface area contributed by atoms with E-state index in [1.807, 2.05) is 6.92 Å². The zero-order chi connectivity index (χ0) is 7.82. The van der Waals surface area contributed by atoms with Crippen LogP contribution in [0.2, 0.25) is 0 Å². The fraction of sp³-hybridized carbons (Fsp3) is 0.875. The number of carbonyl (C=O) groups excluding carboxylic acids is 1. The van der Waals surface area contributed by atoms with Gasteiger partial charge in [-0.15, -0.1) is 0 Å². The summed E-state index contributed by atoms with van der Waals surface area (Å²) in [6.45, 7) is 5.22. The average Bonchev–Trinajstić information content (AvgIpc) is 1.89. The minimum atomic E-state index is 0.351. The molecule has 0 fully saturated rings. The SMILES string of the molecule is CCCCNC(C)CC=O. The molecule has 0 aromatic carbocycles. The summed E-state index contributed by atoms with van der Waals surface area (Å²) in [5.41, 5.74) is 0. The Morgan fingerprint density at radius 3 is 2.80 bits per heavy atom. The molecular weight excluding hydrogens is 126 g/mol. The van der Waals surface area contributed by atoms with Gasteiger partial charge in [0.05, 0.1) is 0 Å². The van der Waals surface area contributed by atoms with Crippen molar-refractivity contribution in [2.75, 3.05) is 6.54 Å². The van der Waals surface area contributed by atoms with Gasteiger partial charge in [0, 0.05) is 12.5 Å². The van der Waals surface area contributed by atoms with Gasteiger partial charge in [0.1, 0.15) is 6.29 Å². The van der Waals surface area contributed by atoms with E-state index in [9.17, 15) is 4.79 Å². The van der Waals surface area contributed by atoms with Gasteiger partial charge in [-0.05, 0) is 19.9 Å². The van der Waals surface area contributed by atoms with Crippen molar-refractivity contribution in [3.63, 3.8) is 0 Å². The molecule has 0 radical (unpaired) electrons. The third-order valence-electron chi connectivity index (χ3n) is 1.47. The van der Waals surface area contributed by atoms with Crippen molar-refractivity contribution in [1.82, 2.24) is 5.32 Å². The highest BCUT2D eigenvalue weighted by atomic mass is 16.1. The maximum absolute atomic E-state index is 10.0. The first-order chi connectivity index (χ1) is 4.81. The Hall–Kier alpha value is -0.370. The van der Waals surface area contributed by atoms with E-state index in [2.05, 4.69) is 12.2 Å². The highest BCUT2D eigenvalue weighted by Crippen LogP contribution is 1.88. The fourth-order valence-electron chi connectivity index (χ4n) is 0.753. The molecule has 60 valence electrons. The summed E-state index contributed by atoms with van der Waals surface area (Å²) in [6, 6.07) is 0.351. The zero-order valence-corrected chi connectivity index (χ0v) is 6.89.